The lowest BCUT2D eigenvalue weighted by molar-refractivity contribution is -0.109. The molecule has 0 aromatic heterocycles. The Morgan fingerprint density at radius 1 is 1.18 bits per heavy atom. The van der Waals surface area contributed by atoms with Gasteiger partial charge in [-0.2, -0.15) is 16.9 Å². The summed E-state index contributed by atoms with van der Waals surface area (Å²) >= 11 is 3.71. The average Bonchev–Trinajstić information content (AvgIpc) is 2.20. The lowest BCUT2D eigenvalue weighted by Crippen LogP contribution is -2.17. The molecule has 0 saturated carbocycles. The molecule has 12 heteroatoms. The Balaban J connectivity index is 4.09. The molecule has 0 aliphatic rings. The van der Waals surface area contributed by atoms with E-state index in [9.17, 15) is 13.9 Å². The molecule has 0 saturated heterocycles. The topological polar surface area (TPSA) is 131 Å². The van der Waals surface area contributed by atoms with Crippen molar-refractivity contribution < 1.29 is 37.1 Å². The van der Waals surface area contributed by atoms with E-state index in [1.54, 1.807) is 0 Å². The lowest BCUT2D eigenvalue weighted by atomic mass is 10.7. The number of hydrogen-bond donors (Lipinski definition) is 4. The van der Waals surface area contributed by atoms with E-state index in [0.717, 1.165) is 0 Å². The van der Waals surface area contributed by atoms with Crippen molar-refractivity contribution in [3.63, 3.8) is 0 Å². The first-order chi connectivity index (χ1) is 7.83. The van der Waals surface area contributed by atoms with Crippen LogP contribution in [0.5, 0.6) is 0 Å². The van der Waals surface area contributed by atoms with E-state index in [0.29, 0.717) is 6.41 Å². The first kappa shape index (κ1) is 17.1. The van der Waals surface area contributed by atoms with Crippen molar-refractivity contribution in [3.05, 3.63) is 0 Å². The van der Waals surface area contributed by atoms with Gasteiger partial charge in [0.1, 0.15) is 0 Å². The highest BCUT2D eigenvalue weighted by molar-refractivity contribution is 7.80. The van der Waals surface area contributed by atoms with Crippen molar-refractivity contribution in [2.45, 2.75) is 0 Å². The molecule has 0 aromatic carbocycles. The summed E-state index contributed by atoms with van der Waals surface area (Å²) in [5.74, 6) is 0.133. The molecule has 9 nitrogen and oxygen atoms in total. The van der Waals surface area contributed by atoms with Crippen molar-refractivity contribution in [3.8, 4) is 0 Å². The summed E-state index contributed by atoms with van der Waals surface area (Å²) in [7, 11) is -9.38. The summed E-state index contributed by atoms with van der Waals surface area (Å²) in [5.41, 5.74) is 0. The molecule has 2 atom stereocenters. The van der Waals surface area contributed by atoms with Crippen molar-refractivity contribution in [2.24, 2.45) is 0 Å². The van der Waals surface area contributed by atoms with Crippen LogP contribution in [0.1, 0.15) is 0 Å². The minimum absolute atomic E-state index is 0.0510. The maximum Gasteiger partial charge on any atom is 0.481 e. The molecule has 0 bridgehead atoms. The zero-order valence-electron chi connectivity index (χ0n) is 8.59. The van der Waals surface area contributed by atoms with Gasteiger partial charge in [0.25, 0.3) is 0 Å². The SMILES string of the molecule is O=CNCCOP(=O)(O)OP(=O)(O)OCCS. The van der Waals surface area contributed by atoms with E-state index in [2.05, 4.69) is 31.3 Å². The summed E-state index contributed by atoms with van der Waals surface area (Å²) in [6.07, 6.45) is 0.360. The molecule has 0 heterocycles. The molecule has 0 fully saturated rings. The van der Waals surface area contributed by atoms with Crippen LogP contribution in [-0.2, 0) is 27.3 Å². The second-order valence-electron chi connectivity index (χ2n) is 2.48. The Morgan fingerprint density at radius 3 is 2.18 bits per heavy atom. The van der Waals surface area contributed by atoms with Crippen LogP contribution in [0.25, 0.3) is 0 Å². The number of amides is 1. The van der Waals surface area contributed by atoms with Gasteiger partial charge in [-0.1, -0.05) is 0 Å². The van der Waals surface area contributed by atoms with Gasteiger partial charge in [-0.15, -0.1) is 0 Å². The first-order valence-electron chi connectivity index (χ1n) is 4.27. The summed E-state index contributed by atoms with van der Waals surface area (Å²) in [5, 5.41) is 2.15. The minimum Gasteiger partial charge on any atom is -0.356 e. The molecule has 0 aromatic rings. The predicted molar refractivity (Wildman–Crippen MR) is 60.6 cm³/mol. The van der Waals surface area contributed by atoms with Gasteiger partial charge in [0.15, 0.2) is 0 Å². The number of nitrogens with one attached hydrogen (secondary N) is 1. The third-order valence-corrected chi connectivity index (χ3v) is 3.99. The number of hydrogen-bond acceptors (Lipinski definition) is 7. The number of phosphoric ester groups is 2. The van der Waals surface area contributed by atoms with Crippen molar-refractivity contribution >= 4 is 34.7 Å². The normalized spacial score (nSPS) is 18.1. The lowest BCUT2D eigenvalue weighted by Gasteiger charge is -2.15. The van der Waals surface area contributed by atoms with E-state index in [1.807, 2.05) is 0 Å². The Morgan fingerprint density at radius 2 is 1.71 bits per heavy atom. The van der Waals surface area contributed by atoms with Crippen molar-refractivity contribution in [1.82, 2.24) is 5.32 Å². The van der Waals surface area contributed by atoms with E-state index < -0.39 is 15.6 Å². The highest BCUT2D eigenvalue weighted by atomic mass is 32.1. The molecule has 3 N–H and O–H groups in total. The summed E-state index contributed by atoms with van der Waals surface area (Å²) in [6.45, 7) is -0.646. The van der Waals surface area contributed by atoms with Gasteiger partial charge in [-0.05, 0) is 0 Å². The molecule has 17 heavy (non-hydrogen) atoms. The Hall–Kier alpha value is 0.0800. The number of thiol groups is 1. The number of carbonyl (C=O) groups is 1. The van der Waals surface area contributed by atoms with Gasteiger partial charge < -0.3 is 15.1 Å². The van der Waals surface area contributed by atoms with E-state index in [-0.39, 0.29) is 25.5 Å². The van der Waals surface area contributed by atoms with Crippen LogP contribution in [-0.4, -0.2) is 41.7 Å². The zero-order chi connectivity index (χ0) is 13.4. The molecule has 102 valence electrons. The number of rotatable bonds is 10. The largest absolute Gasteiger partial charge is 0.481 e. The molecular weight excluding hydrogens is 296 g/mol. The summed E-state index contributed by atoms with van der Waals surface area (Å²) in [4.78, 5) is 27.8. The minimum atomic E-state index is -4.71. The Bertz CT molecular complexity index is 325. The Labute approximate surface area is 103 Å². The molecule has 1 amide bonds. The monoisotopic (exact) mass is 309 g/mol. The van der Waals surface area contributed by atoms with Crippen LogP contribution < -0.4 is 5.32 Å². The first-order valence-corrected chi connectivity index (χ1v) is 7.89. The second-order valence-corrected chi connectivity index (χ2v) is 5.97. The molecule has 0 aliphatic carbocycles. The van der Waals surface area contributed by atoms with Crippen LogP contribution >= 0.6 is 28.3 Å². The van der Waals surface area contributed by atoms with E-state index in [4.69, 9.17) is 9.79 Å². The number of phosphoric acid groups is 2. The summed E-state index contributed by atoms with van der Waals surface area (Å²) in [6, 6.07) is 0. The molecule has 0 rings (SSSR count). The fourth-order valence-electron chi connectivity index (χ4n) is 0.613. The van der Waals surface area contributed by atoms with E-state index in [1.165, 1.54) is 0 Å². The predicted octanol–water partition coefficient (Wildman–Crippen LogP) is -0.0872. The van der Waals surface area contributed by atoms with Crippen molar-refractivity contribution in [2.75, 3.05) is 25.5 Å². The standard InChI is InChI=1S/C5H13NO8P2S/c7-5-6-1-2-12-15(8,9)14-16(10,11)13-3-4-17/h5,17H,1-4H2,(H,6,7)(H,8,9)(H,10,11). The maximum absolute atomic E-state index is 11.1. The quantitative estimate of drug-likeness (QED) is 0.191. The maximum atomic E-state index is 11.1. The van der Waals surface area contributed by atoms with Crippen LogP contribution in [0.2, 0.25) is 0 Å². The second kappa shape index (κ2) is 8.23. The van der Waals surface area contributed by atoms with Gasteiger partial charge in [0, 0.05) is 12.3 Å². The fraction of sp³-hybridized carbons (Fsp3) is 0.800. The number of carbonyl (C=O) groups excluding carboxylic acids is 1. The highest BCUT2D eigenvalue weighted by Gasteiger charge is 2.34. The molecule has 0 radical (unpaired) electrons. The fourth-order valence-corrected chi connectivity index (χ4v) is 2.91. The van der Waals surface area contributed by atoms with Gasteiger partial charge >= 0.3 is 15.6 Å². The molecule has 2 unspecified atom stereocenters. The smallest absolute Gasteiger partial charge is 0.356 e. The Kier molecular flexibility index (Phi) is 8.27. The van der Waals surface area contributed by atoms with Crippen LogP contribution in [0, 0.1) is 0 Å². The van der Waals surface area contributed by atoms with Crippen LogP contribution in [0.4, 0.5) is 0 Å². The average molecular weight is 309 g/mol. The van der Waals surface area contributed by atoms with Gasteiger partial charge in [0.05, 0.1) is 13.2 Å². The van der Waals surface area contributed by atoms with Crippen LogP contribution in [0.3, 0.4) is 0 Å². The molecule has 0 spiro atoms. The third-order valence-electron chi connectivity index (χ3n) is 1.14. The van der Waals surface area contributed by atoms with Gasteiger partial charge in [0.2, 0.25) is 6.41 Å². The highest BCUT2D eigenvalue weighted by Crippen LogP contribution is 2.60. The molecular formula is C5H13NO8P2S. The third kappa shape index (κ3) is 9.75. The van der Waals surface area contributed by atoms with Gasteiger partial charge in [-0.25, -0.2) is 9.13 Å². The van der Waals surface area contributed by atoms with Crippen molar-refractivity contribution in [1.29, 1.82) is 0 Å². The van der Waals surface area contributed by atoms with Crippen LogP contribution in [0.15, 0.2) is 0 Å². The van der Waals surface area contributed by atoms with Gasteiger partial charge in [-0.3, -0.25) is 13.8 Å². The van der Waals surface area contributed by atoms with E-state index >= 15 is 0 Å². The zero-order valence-corrected chi connectivity index (χ0v) is 11.3. The molecule has 0 aliphatic heterocycles. The summed E-state index contributed by atoms with van der Waals surface area (Å²) < 4.78 is 34.7.